The van der Waals surface area contributed by atoms with Gasteiger partial charge in [-0.2, -0.15) is 5.10 Å². The van der Waals surface area contributed by atoms with Crippen molar-refractivity contribution in [3.63, 3.8) is 0 Å². The average Bonchev–Trinajstić information content (AvgIpc) is 3.19. The number of amides is 1. The van der Waals surface area contributed by atoms with Crippen LogP contribution in [0.1, 0.15) is 23.2 Å². The van der Waals surface area contributed by atoms with E-state index in [4.69, 9.17) is 15.6 Å². The molecule has 0 atom stereocenters. The van der Waals surface area contributed by atoms with Crippen LogP contribution >= 0.6 is 0 Å². The number of rotatable bonds is 4. The average molecular weight is 376 g/mol. The molecule has 1 aromatic heterocycles. The summed E-state index contributed by atoms with van der Waals surface area (Å²) in [5.41, 5.74) is 8.91. The van der Waals surface area contributed by atoms with E-state index in [0.29, 0.717) is 30.1 Å². The Morgan fingerprint density at radius 1 is 1.07 bits per heavy atom. The fraction of sp³-hybridized carbons (Fsp3) is 0.273. The van der Waals surface area contributed by atoms with Crippen molar-refractivity contribution in [3.8, 4) is 22.7 Å². The van der Waals surface area contributed by atoms with E-state index in [-0.39, 0.29) is 11.9 Å². The number of carbonyl (C=O) groups is 1. The molecule has 2 heterocycles. The van der Waals surface area contributed by atoms with Gasteiger partial charge in [-0.15, -0.1) is 0 Å². The van der Waals surface area contributed by atoms with Gasteiger partial charge in [-0.3, -0.25) is 4.79 Å². The summed E-state index contributed by atoms with van der Waals surface area (Å²) < 4.78 is 7.27. The number of hydrogen-bond donors (Lipinski definition) is 1. The lowest BCUT2D eigenvalue weighted by atomic mass is 10.0. The molecule has 2 aromatic carbocycles. The van der Waals surface area contributed by atoms with Gasteiger partial charge in [0.25, 0.3) is 5.91 Å². The van der Waals surface area contributed by atoms with Crippen molar-refractivity contribution in [1.82, 2.24) is 14.7 Å². The highest BCUT2D eigenvalue weighted by Gasteiger charge is 2.27. The fourth-order valence-corrected chi connectivity index (χ4v) is 3.56. The summed E-state index contributed by atoms with van der Waals surface area (Å²) in [5.74, 6) is 0.672. The van der Waals surface area contributed by atoms with Crippen LogP contribution in [0.2, 0.25) is 0 Å². The molecule has 6 heteroatoms. The quantitative estimate of drug-likeness (QED) is 0.759. The number of benzene rings is 2. The second-order valence-electron chi connectivity index (χ2n) is 7.00. The first-order valence-electron chi connectivity index (χ1n) is 9.50. The summed E-state index contributed by atoms with van der Waals surface area (Å²) in [6.45, 7) is 1.34. The minimum Gasteiger partial charge on any atom is -0.496 e. The first-order valence-corrected chi connectivity index (χ1v) is 9.50. The van der Waals surface area contributed by atoms with Crippen LogP contribution in [0.4, 0.5) is 0 Å². The number of hydrogen-bond acceptors (Lipinski definition) is 4. The zero-order chi connectivity index (χ0) is 19.5. The molecule has 1 amide bonds. The Morgan fingerprint density at radius 2 is 1.75 bits per heavy atom. The molecule has 0 aliphatic carbocycles. The SMILES string of the molecule is COc1ccccc1-c1nn(-c2ccccc2)cc1C(=O)N1CCC(N)CC1. The molecular weight excluding hydrogens is 352 g/mol. The summed E-state index contributed by atoms with van der Waals surface area (Å²) in [5, 5.41) is 4.75. The topological polar surface area (TPSA) is 73.4 Å². The predicted octanol–water partition coefficient (Wildman–Crippen LogP) is 3.11. The summed E-state index contributed by atoms with van der Waals surface area (Å²) in [4.78, 5) is 15.2. The van der Waals surface area contributed by atoms with Gasteiger partial charge in [-0.1, -0.05) is 30.3 Å². The highest BCUT2D eigenvalue weighted by Crippen LogP contribution is 2.32. The van der Waals surface area contributed by atoms with Crippen LogP contribution in [0.25, 0.3) is 16.9 Å². The van der Waals surface area contributed by atoms with E-state index in [1.54, 1.807) is 11.8 Å². The second kappa shape index (κ2) is 7.86. The summed E-state index contributed by atoms with van der Waals surface area (Å²) in [6.07, 6.45) is 3.46. The van der Waals surface area contributed by atoms with Crippen molar-refractivity contribution in [1.29, 1.82) is 0 Å². The molecule has 1 aliphatic rings. The molecule has 28 heavy (non-hydrogen) atoms. The van der Waals surface area contributed by atoms with Crippen LogP contribution in [0.15, 0.2) is 60.8 Å². The largest absolute Gasteiger partial charge is 0.496 e. The molecule has 1 saturated heterocycles. The van der Waals surface area contributed by atoms with E-state index in [1.807, 2.05) is 65.7 Å². The van der Waals surface area contributed by atoms with E-state index in [9.17, 15) is 4.79 Å². The van der Waals surface area contributed by atoms with Gasteiger partial charge >= 0.3 is 0 Å². The number of methoxy groups -OCH3 is 1. The third-order valence-corrected chi connectivity index (χ3v) is 5.15. The Morgan fingerprint density at radius 3 is 2.46 bits per heavy atom. The van der Waals surface area contributed by atoms with Crippen LogP contribution in [0.3, 0.4) is 0 Å². The molecule has 0 bridgehead atoms. The number of nitrogens with two attached hydrogens (primary N) is 1. The summed E-state index contributed by atoms with van der Waals surface area (Å²) in [6, 6.07) is 17.6. The maximum atomic E-state index is 13.3. The number of para-hydroxylation sites is 2. The van der Waals surface area contributed by atoms with Crippen molar-refractivity contribution in [2.24, 2.45) is 5.73 Å². The van der Waals surface area contributed by atoms with E-state index in [1.165, 1.54) is 0 Å². The Hall–Kier alpha value is -3.12. The van der Waals surface area contributed by atoms with E-state index in [2.05, 4.69) is 0 Å². The van der Waals surface area contributed by atoms with Crippen LogP contribution in [0.5, 0.6) is 5.75 Å². The Labute approximate surface area is 164 Å². The molecule has 4 rings (SSSR count). The van der Waals surface area contributed by atoms with Gasteiger partial charge in [0.15, 0.2) is 0 Å². The van der Waals surface area contributed by atoms with Crippen molar-refractivity contribution in [2.75, 3.05) is 20.2 Å². The van der Waals surface area contributed by atoms with Crippen LogP contribution < -0.4 is 10.5 Å². The van der Waals surface area contributed by atoms with Crippen LogP contribution in [0, 0.1) is 0 Å². The zero-order valence-electron chi connectivity index (χ0n) is 15.9. The summed E-state index contributed by atoms with van der Waals surface area (Å²) >= 11 is 0. The molecule has 1 aliphatic heterocycles. The van der Waals surface area contributed by atoms with Crippen molar-refractivity contribution in [3.05, 3.63) is 66.4 Å². The smallest absolute Gasteiger partial charge is 0.257 e. The lowest BCUT2D eigenvalue weighted by Gasteiger charge is -2.30. The minimum absolute atomic E-state index is 0.0185. The third-order valence-electron chi connectivity index (χ3n) is 5.15. The first-order chi connectivity index (χ1) is 13.7. The highest BCUT2D eigenvalue weighted by molar-refractivity contribution is 6.00. The predicted molar refractivity (Wildman–Crippen MR) is 109 cm³/mol. The van der Waals surface area contributed by atoms with Gasteiger partial charge in [0.05, 0.1) is 18.4 Å². The molecule has 3 aromatic rings. The fourth-order valence-electron chi connectivity index (χ4n) is 3.56. The first kappa shape index (κ1) is 18.3. The zero-order valence-corrected chi connectivity index (χ0v) is 15.9. The molecule has 6 nitrogen and oxygen atoms in total. The molecule has 0 unspecified atom stereocenters. The van der Waals surface area contributed by atoms with E-state index >= 15 is 0 Å². The molecule has 1 fully saturated rings. The minimum atomic E-state index is -0.0185. The van der Waals surface area contributed by atoms with Gasteiger partial charge in [0, 0.05) is 30.9 Å². The maximum Gasteiger partial charge on any atom is 0.257 e. The van der Waals surface area contributed by atoms with Gasteiger partial charge < -0.3 is 15.4 Å². The lowest BCUT2D eigenvalue weighted by molar-refractivity contribution is 0.0715. The number of ether oxygens (including phenoxy) is 1. The van der Waals surface area contributed by atoms with E-state index in [0.717, 1.165) is 24.1 Å². The number of aromatic nitrogens is 2. The molecule has 0 radical (unpaired) electrons. The van der Waals surface area contributed by atoms with Gasteiger partial charge in [0.2, 0.25) is 0 Å². The molecule has 144 valence electrons. The van der Waals surface area contributed by atoms with Gasteiger partial charge in [0.1, 0.15) is 11.4 Å². The number of likely N-dealkylation sites (tertiary alicyclic amines) is 1. The normalized spacial score (nSPS) is 14.9. The van der Waals surface area contributed by atoms with Crippen molar-refractivity contribution in [2.45, 2.75) is 18.9 Å². The second-order valence-corrected chi connectivity index (χ2v) is 7.00. The highest BCUT2D eigenvalue weighted by atomic mass is 16.5. The Kier molecular flexibility index (Phi) is 5.12. The molecular formula is C22H24N4O2. The monoisotopic (exact) mass is 376 g/mol. The third kappa shape index (κ3) is 3.51. The van der Waals surface area contributed by atoms with Crippen LogP contribution in [-0.2, 0) is 0 Å². The molecule has 0 saturated carbocycles. The van der Waals surface area contributed by atoms with Crippen LogP contribution in [-0.4, -0.2) is 46.8 Å². The van der Waals surface area contributed by atoms with Crippen molar-refractivity contribution >= 4 is 5.91 Å². The number of carbonyl (C=O) groups excluding carboxylic acids is 1. The van der Waals surface area contributed by atoms with Crippen molar-refractivity contribution < 1.29 is 9.53 Å². The van der Waals surface area contributed by atoms with E-state index < -0.39 is 0 Å². The standard InChI is InChI=1S/C22H24N4O2/c1-28-20-10-6-5-9-18(20)21-19(22(27)25-13-11-16(23)12-14-25)15-26(24-21)17-7-3-2-4-8-17/h2-10,15-16H,11-14,23H2,1H3. The van der Waals surface area contributed by atoms with Gasteiger partial charge in [-0.05, 0) is 37.1 Å². The number of nitrogens with zero attached hydrogens (tertiary/aromatic N) is 3. The summed E-state index contributed by atoms with van der Waals surface area (Å²) in [7, 11) is 1.63. The Bertz CT molecular complexity index is 960. The lowest BCUT2D eigenvalue weighted by Crippen LogP contribution is -2.42. The Balaban J connectivity index is 1.79. The molecule has 2 N–H and O–H groups in total. The number of piperidine rings is 1. The van der Waals surface area contributed by atoms with Gasteiger partial charge in [-0.25, -0.2) is 4.68 Å². The maximum absolute atomic E-state index is 13.3. The molecule has 0 spiro atoms.